The van der Waals surface area contributed by atoms with E-state index < -0.39 is 5.92 Å². The number of amides is 1. The predicted octanol–water partition coefficient (Wildman–Crippen LogP) is 0.910. The molecule has 1 amide bonds. The minimum absolute atomic E-state index is 0.0627. The molecule has 2 aromatic heterocycles. The summed E-state index contributed by atoms with van der Waals surface area (Å²) < 4.78 is 34.1. The third-order valence-corrected chi connectivity index (χ3v) is 4.90. The molecule has 9 heteroatoms. The fraction of sp³-hybridized carbons (Fsp3) is 0.562. The Labute approximate surface area is 143 Å². The minimum atomic E-state index is -2.69. The maximum absolute atomic E-state index is 13.7. The third kappa shape index (κ3) is 2.87. The predicted molar refractivity (Wildman–Crippen MR) is 84.6 cm³/mol. The Kier molecular flexibility index (Phi) is 3.92. The minimum Gasteiger partial charge on any atom is -0.383 e. The highest BCUT2D eigenvalue weighted by atomic mass is 19.3. The Balaban J connectivity index is 1.44. The van der Waals surface area contributed by atoms with Crippen LogP contribution in [0.25, 0.3) is 5.65 Å². The van der Waals surface area contributed by atoms with Crippen LogP contribution >= 0.6 is 0 Å². The molecule has 0 aliphatic carbocycles. The summed E-state index contributed by atoms with van der Waals surface area (Å²) in [5.74, 6) is -2.86. The number of hydrogen-bond acceptors (Lipinski definition) is 5. The number of rotatable bonds is 4. The lowest BCUT2D eigenvalue weighted by Gasteiger charge is -2.45. The van der Waals surface area contributed by atoms with Gasteiger partial charge in [0.1, 0.15) is 5.56 Å². The van der Waals surface area contributed by atoms with Crippen molar-refractivity contribution in [2.24, 2.45) is 0 Å². The first-order valence-electron chi connectivity index (χ1n) is 8.18. The van der Waals surface area contributed by atoms with E-state index >= 15 is 0 Å². The van der Waals surface area contributed by atoms with Crippen LogP contribution in [0.5, 0.6) is 0 Å². The van der Waals surface area contributed by atoms with Crippen LogP contribution in [-0.2, 0) is 4.74 Å². The average molecular weight is 351 g/mol. The molecular formula is C16H19F2N5O2. The van der Waals surface area contributed by atoms with Crippen LogP contribution in [0.2, 0.25) is 0 Å². The molecule has 134 valence electrons. The number of fused-ring (bicyclic) bond motifs is 1. The van der Waals surface area contributed by atoms with Gasteiger partial charge >= 0.3 is 0 Å². The lowest BCUT2D eigenvalue weighted by molar-refractivity contribution is -0.0135. The van der Waals surface area contributed by atoms with Crippen molar-refractivity contribution in [3.8, 4) is 0 Å². The molecule has 0 spiro atoms. The van der Waals surface area contributed by atoms with Gasteiger partial charge in [-0.25, -0.2) is 18.3 Å². The van der Waals surface area contributed by atoms with E-state index in [1.165, 1.54) is 13.3 Å². The van der Waals surface area contributed by atoms with Crippen LogP contribution in [0.15, 0.2) is 24.7 Å². The van der Waals surface area contributed by atoms with Crippen LogP contribution in [-0.4, -0.2) is 81.7 Å². The second kappa shape index (κ2) is 5.99. The Bertz CT molecular complexity index is 790. The van der Waals surface area contributed by atoms with E-state index in [0.717, 1.165) is 0 Å². The number of halogens is 2. The van der Waals surface area contributed by atoms with Crippen molar-refractivity contribution in [3.05, 3.63) is 30.2 Å². The topological polar surface area (TPSA) is 63.0 Å². The van der Waals surface area contributed by atoms with Gasteiger partial charge in [0.05, 0.1) is 19.3 Å². The van der Waals surface area contributed by atoms with Gasteiger partial charge in [0, 0.05) is 51.1 Å². The van der Waals surface area contributed by atoms with Gasteiger partial charge in [0.2, 0.25) is 0 Å². The Morgan fingerprint density at radius 1 is 1.44 bits per heavy atom. The number of hydrogen-bond donors (Lipinski definition) is 0. The maximum Gasteiger partial charge on any atom is 0.262 e. The highest BCUT2D eigenvalue weighted by Gasteiger charge is 2.50. The monoisotopic (exact) mass is 351 g/mol. The van der Waals surface area contributed by atoms with Crippen molar-refractivity contribution in [2.45, 2.75) is 24.4 Å². The Hall–Kier alpha value is -2.13. The number of ether oxygens (including phenoxy) is 1. The van der Waals surface area contributed by atoms with E-state index in [0.29, 0.717) is 24.3 Å². The Morgan fingerprint density at radius 3 is 3.00 bits per heavy atom. The first kappa shape index (κ1) is 16.3. The highest BCUT2D eigenvalue weighted by Crippen LogP contribution is 2.35. The quantitative estimate of drug-likeness (QED) is 0.819. The molecular weight excluding hydrogens is 332 g/mol. The van der Waals surface area contributed by atoms with E-state index in [1.54, 1.807) is 32.8 Å². The molecule has 0 unspecified atom stereocenters. The molecule has 1 atom stereocenters. The molecule has 4 heterocycles. The molecule has 2 fully saturated rings. The third-order valence-electron chi connectivity index (χ3n) is 4.90. The summed E-state index contributed by atoms with van der Waals surface area (Å²) >= 11 is 0. The van der Waals surface area contributed by atoms with Crippen LogP contribution in [0, 0.1) is 0 Å². The molecule has 4 rings (SSSR count). The molecule has 2 aliphatic heterocycles. The molecule has 0 saturated carbocycles. The zero-order valence-corrected chi connectivity index (χ0v) is 13.8. The highest BCUT2D eigenvalue weighted by molar-refractivity contribution is 6.00. The smallest absolute Gasteiger partial charge is 0.262 e. The van der Waals surface area contributed by atoms with Crippen molar-refractivity contribution >= 4 is 11.6 Å². The molecule has 0 aromatic carbocycles. The van der Waals surface area contributed by atoms with E-state index in [9.17, 15) is 13.6 Å². The molecule has 2 saturated heterocycles. The number of alkyl halides is 2. The van der Waals surface area contributed by atoms with Crippen molar-refractivity contribution in [3.63, 3.8) is 0 Å². The normalized spacial score (nSPS) is 24.0. The lowest BCUT2D eigenvalue weighted by Crippen LogP contribution is -2.62. The van der Waals surface area contributed by atoms with Gasteiger partial charge in [-0.1, -0.05) is 0 Å². The summed E-state index contributed by atoms with van der Waals surface area (Å²) in [6.07, 6.45) is 4.63. The zero-order valence-electron chi connectivity index (χ0n) is 13.8. The number of carbonyl (C=O) groups is 1. The second-order valence-corrected chi connectivity index (χ2v) is 6.65. The number of methoxy groups -OCH3 is 1. The summed E-state index contributed by atoms with van der Waals surface area (Å²) in [5.41, 5.74) is 0.931. The molecule has 0 N–H and O–H groups in total. The van der Waals surface area contributed by atoms with Crippen LogP contribution in [0.1, 0.15) is 16.8 Å². The fourth-order valence-corrected chi connectivity index (χ4v) is 3.68. The van der Waals surface area contributed by atoms with Gasteiger partial charge in [-0.15, -0.1) is 0 Å². The van der Waals surface area contributed by atoms with Gasteiger partial charge < -0.3 is 9.64 Å². The summed E-state index contributed by atoms with van der Waals surface area (Å²) in [6.45, 7) is 0.864. The SMILES string of the molecule is COC[C@@H]1CC(F)(F)CN1C1CN(C(=O)c2cnn3cccnc23)C1. The van der Waals surface area contributed by atoms with Gasteiger partial charge in [-0.05, 0) is 6.07 Å². The van der Waals surface area contributed by atoms with Gasteiger partial charge in [0.15, 0.2) is 5.65 Å². The largest absolute Gasteiger partial charge is 0.383 e. The van der Waals surface area contributed by atoms with E-state index in [2.05, 4.69) is 10.1 Å². The second-order valence-electron chi connectivity index (χ2n) is 6.65. The summed E-state index contributed by atoms with van der Waals surface area (Å²) in [5, 5.41) is 4.11. The van der Waals surface area contributed by atoms with Crippen molar-refractivity contribution < 1.29 is 18.3 Å². The zero-order chi connectivity index (χ0) is 17.6. The molecule has 2 aliphatic rings. The summed E-state index contributed by atoms with van der Waals surface area (Å²) in [7, 11) is 1.52. The molecule has 0 radical (unpaired) electrons. The van der Waals surface area contributed by atoms with Crippen LogP contribution in [0.4, 0.5) is 8.78 Å². The van der Waals surface area contributed by atoms with Gasteiger partial charge in [-0.2, -0.15) is 5.10 Å². The van der Waals surface area contributed by atoms with Crippen LogP contribution in [0.3, 0.4) is 0 Å². The molecule has 2 aromatic rings. The van der Waals surface area contributed by atoms with Gasteiger partial charge in [0.25, 0.3) is 11.8 Å². The van der Waals surface area contributed by atoms with E-state index in [-0.39, 0.29) is 37.6 Å². The average Bonchev–Trinajstić information content (AvgIpc) is 3.07. The first-order chi connectivity index (χ1) is 12.0. The van der Waals surface area contributed by atoms with Crippen molar-refractivity contribution in [1.82, 2.24) is 24.4 Å². The molecule has 7 nitrogen and oxygen atoms in total. The first-order valence-corrected chi connectivity index (χ1v) is 8.18. The Morgan fingerprint density at radius 2 is 2.24 bits per heavy atom. The number of aromatic nitrogens is 3. The van der Waals surface area contributed by atoms with E-state index in [4.69, 9.17) is 4.74 Å². The van der Waals surface area contributed by atoms with Crippen LogP contribution < -0.4 is 0 Å². The number of likely N-dealkylation sites (tertiary alicyclic amines) is 2. The maximum atomic E-state index is 13.7. The standard InChI is InChI=1S/C16H19F2N5O2/c1-25-9-11-5-16(17,18)10-22(11)12-7-21(8-12)15(24)13-6-20-23-4-2-3-19-14(13)23/h2-4,6,11-12H,5,7-10H2,1H3/t11-/m0/s1. The summed E-state index contributed by atoms with van der Waals surface area (Å²) in [4.78, 5) is 20.2. The van der Waals surface area contributed by atoms with E-state index in [1.807, 2.05) is 0 Å². The number of nitrogens with zero attached hydrogens (tertiary/aromatic N) is 5. The van der Waals surface area contributed by atoms with Crippen molar-refractivity contribution in [2.75, 3.05) is 33.4 Å². The van der Waals surface area contributed by atoms with Gasteiger partial charge in [-0.3, -0.25) is 9.69 Å². The van der Waals surface area contributed by atoms with Crippen molar-refractivity contribution in [1.29, 1.82) is 0 Å². The lowest BCUT2D eigenvalue weighted by atomic mass is 10.0. The summed E-state index contributed by atoms with van der Waals surface area (Å²) in [6, 6.07) is 1.37. The molecule has 0 bridgehead atoms. The number of carbonyl (C=O) groups excluding carboxylic acids is 1. The fourth-order valence-electron chi connectivity index (χ4n) is 3.68. The molecule has 25 heavy (non-hydrogen) atoms.